The zero-order chi connectivity index (χ0) is 23.8. The zero-order valence-corrected chi connectivity index (χ0v) is 19.8. The fourth-order valence-corrected chi connectivity index (χ4v) is 5.86. The molecule has 2 nitrogen and oxygen atoms in total. The molecule has 0 aliphatic heterocycles. The van der Waals surface area contributed by atoms with E-state index in [4.69, 9.17) is 11.5 Å². The topological polar surface area (TPSA) is 52.0 Å². The SMILES string of the molecule is Nc1ccc(C2=Cc3ccccc3C2CCCC2C(c3ccc(N)cc3)=Cc3ccccc32)cc1. The first kappa shape index (κ1) is 21.5. The monoisotopic (exact) mass is 454 g/mol. The van der Waals surface area contributed by atoms with E-state index in [9.17, 15) is 0 Å². The van der Waals surface area contributed by atoms with Crippen molar-refractivity contribution in [3.8, 4) is 0 Å². The Labute approximate surface area is 207 Å². The fourth-order valence-electron chi connectivity index (χ4n) is 5.86. The minimum absolute atomic E-state index is 0.412. The Morgan fingerprint density at radius 1 is 0.486 bits per heavy atom. The molecule has 4 aromatic carbocycles. The van der Waals surface area contributed by atoms with Crippen LogP contribution in [0.25, 0.3) is 23.3 Å². The average Bonchev–Trinajstić information content (AvgIpc) is 3.44. The van der Waals surface area contributed by atoms with E-state index in [1.807, 2.05) is 24.3 Å². The first-order valence-electron chi connectivity index (χ1n) is 12.5. The van der Waals surface area contributed by atoms with Crippen LogP contribution in [-0.2, 0) is 0 Å². The second kappa shape index (κ2) is 8.96. The van der Waals surface area contributed by atoms with Crippen molar-refractivity contribution in [1.82, 2.24) is 0 Å². The summed E-state index contributed by atoms with van der Waals surface area (Å²) in [7, 11) is 0. The second-order valence-electron chi connectivity index (χ2n) is 9.74. The molecule has 2 atom stereocenters. The molecule has 0 radical (unpaired) electrons. The van der Waals surface area contributed by atoms with Crippen molar-refractivity contribution >= 4 is 34.7 Å². The standard InChI is InChI=1S/C33H30N2/c34-26-16-12-22(13-17-26)32-20-24-6-1-3-8-28(24)30(32)10-5-11-31-29-9-4-2-7-25(29)21-33(31)23-14-18-27(35)19-15-23/h1-4,6-9,12-21,30-31H,5,10-11,34-35H2. The molecule has 172 valence electrons. The van der Waals surface area contributed by atoms with E-state index in [0.717, 1.165) is 30.6 Å². The lowest BCUT2D eigenvalue weighted by molar-refractivity contribution is 0.624. The van der Waals surface area contributed by atoms with Crippen LogP contribution in [-0.4, -0.2) is 0 Å². The first-order valence-corrected chi connectivity index (χ1v) is 12.5. The molecule has 0 saturated carbocycles. The van der Waals surface area contributed by atoms with Gasteiger partial charge in [-0.2, -0.15) is 0 Å². The van der Waals surface area contributed by atoms with Crippen LogP contribution in [0, 0.1) is 0 Å². The molecule has 0 aromatic heterocycles. The van der Waals surface area contributed by atoms with Gasteiger partial charge < -0.3 is 11.5 Å². The Balaban J connectivity index is 1.25. The molecule has 2 unspecified atom stereocenters. The number of hydrogen-bond acceptors (Lipinski definition) is 2. The van der Waals surface area contributed by atoms with Crippen LogP contribution in [0.2, 0.25) is 0 Å². The lowest BCUT2D eigenvalue weighted by Gasteiger charge is -2.21. The summed E-state index contributed by atoms with van der Waals surface area (Å²) in [5.74, 6) is 0.825. The number of nitrogens with two attached hydrogens (primary N) is 2. The highest BCUT2D eigenvalue weighted by molar-refractivity contribution is 5.92. The van der Waals surface area contributed by atoms with Crippen molar-refractivity contribution in [2.24, 2.45) is 0 Å². The molecule has 4 N–H and O–H groups in total. The van der Waals surface area contributed by atoms with Gasteiger partial charge in [0.1, 0.15) is 0 Å². The van der Waals surface area contributed by atoms with Gasteiger partial charge in [-0.15, -0.1) is 0 Å². The van der Waals surface area contributed by atoms with E-state index >= 15 is 0 Å². The molecule has 0 spiro atoms. The number of rotatable bonds is 6. The summed E-state index contributed by atoms with van der Waals surface area (Å²) in [4.78, 5) is 0. The predicted molar refractivity (Wildman–Crippen MR) is 150 cm³/mol. The van der Waals surface area contributed by atoms with E-state index in [2.05, 4.69) is 84.9 Å². The van der Waals surface area contributed by atoms with Crippen molar-refractivity contribution < 1.29 is 0 Å². The third kappa shape index (κ3) is 4.06. The van der Waals surface area contributed by atoms with E-state index in [1.54, 1.807) is 0 Å². The molecular formula is C33H30N2. The summed E-state index contributed by atoms with van der Waals surface area (Å²) in [6.45, 7) is 0. The molecule has 2 aliphatic rings. The van der Waals surface area contributed by atoms with Gasteiger partial charge in [0.05, 0.1) is 0 Å². The van der Waals surface area contributed by atoms with Crippen LogP contribution >= 0.6 is 0 Å². The summed E-state index contributed by atoms with van der Waals surface area (Å²) in [5.41, 5.74) is 24.5. The maximum absolute atomic E-state index is 5.97. The van der Waals surface area contributed by atoms with Gasteiger partial charge in [-0.05, 0) is 81.6 Å². The molecule has 0 saturated heterocycles. The highest BCUT2D eigenvalue weighted by Crippen LogP contribution is 2.48. The number of allylic oxidation sites excluding steroid dienone is 2. The summed E-state index contributed by atoms with van der Waals surface area (Å²) in [5, 5.41) is 0. The van der Waals surface area contributed by atoms with Crippen molar-refractivity contribution in [2.45, 2.75) is 31.1 Å². The lowest BCUT2D eigenvalue weighted by atomic mass is 9.83. The summed E-state index contributed by atoms with van der Waals surface area (Å²) in [6.07, 6.45) is 8.14. The maximum Gasteiger partial charge on any atom is 0.0314 e. The Morgan fingerprint density at radius 2 is 0.886 bits per heavy atom. The van der Waals surface area contributed by atoms with E-state index in [0.29, 0.717) is 11.8 Å². The van der Waals surface area contributed by atoms with Gasteiger partial charge in [-0.25, -0.2) is 0 Å². The number of nitrogen functional groups attached to an aromatic ring is 2. The van der Waals surface area contributed by atoms with Gasteiger partial charge in [0.25, 0.3) is 0 Å². The van der Waals surface area contributed by atoms with E-state index in [1.165, 1.54) is 44.5 Å². The highest BCUT2D eigenvalue weighted by Gasteiger charge is 2.29. The van der Waals surface area contributed by atoms with Crippen molar-refractivity contribution in [2.75, 3.05) is 11.5 Å². The average molecular weight is 455 g/mol. The molecule has 0 amide bonds. The number of hydrogen-bond donors (Lipinski definition) is 2. The summed E-state index contributed by atoms with van der Waals surface area (Å²) >= 11 is 0. The minimum Gasteiger partial charge on any atom is -0.399 e. The van der Waals surface area contributed by atoms with Gasteiger partial charge in [0.2, 0.25) is 0 Å². The first-order chi connectivity index (χ1) is 17.2. The van der Waals surface area contributed by atoms with Gasteiger partial charge >= 0.3 is 0 Å². The summed E-state index contributed by atoms with van der Waals surface area (Å²) in [6, 6.07) is 34.4. The minimum atomic E-state index is 0.412. The fraction of sp³-hybridized carbons (Fsp3) is 0.152. The molecular weight excluding hydrogens is 424 g/mol. The van der Waals surface area contributed by atoms with Crippen LogP contribution in [0.4, 0.5) is 11.4 Å². The Morgan fingerprint density at radius 3 is 1.31 bits per heavy atom. The Bertz CT molecular complexity index is 1310. The van der Waals surface area contributed by atoms with Crippen LogP contribution < -0.4 is 11.5 Å². The Kier molecular flexibility index (Phi) is 5.50. The number of benzene rings is 4. The number of anilines is 2. The zero-order valence-electron chi connectivity index (χ0n) is 19.8. The third-order valence-electron chi connectivity index (χ3n) is 7.59. The molecule has 4 aromatic rings. The summed E-state index contributed by atoms with van der Waals surface area (Å²) < 4.78 is 0. The van der Waals surface area contributed by atoms with Gasteiger partial charge in [-0.1, -0.05) is 91.4 Å². The molecule has 2 heteroatoms. The molecule has 2 aliphatic carbocycles. The van der Waals surface area contributed by atoms with Crippen molar-refractivity contribution in [3.05, 3.63) is 130 Å². The van der Waals surface area contributed by atoms with Crippen LogP contribution in [0.15, 0.2) is 97.1 Å². The van der Waals surface area contributed by atoms with Gasteiger partial charge in [0, 0.05) is 23.2 Å². The quantitative estimate of drug-likeness (QED) is 0.290. The lowest BCUT2D eigenvalue weighted by Crippen LogP contribution is -2.03. The largest absolute Gasteiger partial charge is 0.399 e. The molecule has 0 bridgehead atoms. The smallest absolute Gasteiger partial charge is 0.0314 e. The van der Waals surface area contributed by atoms with Gasteiger partial charge in [-0.3, -0.25) is 0 Å². The highest BCUT2D eigenvalue weighted by atomic mass is 14.5. The van der Waals surface area contributed by atoms with Crippen molar-refractivity contribution in [1.29, 1.82) is 0 Å². The normalized spacial score (nSPS) is 18.1. The third-order valence-corrected chi connectivity index (χ3v) is 7.59. The van der Waals surface area contributed by atoms with Crippen molar-refractivity contribution in [3.63, 3.8) is 0 Å². The van der Waals surface area contributed by atoms with Gasteiger partial charge in [0.15, 0.2) is 0 Å². The molecule has 35 heavy (non-hydrogen) atoms. The second-order valence-corrected chi connectivity index (χ2v) is 9.74. The van der Waals surface area contributed by atoms with E-state index < -0.39 is 0 Å². The predicted octanol–water partition coefficient (Wildman–Crippen LogP) is 8.00. The van der Waals surface area contributed by atoms with Crippen LogP contribution in [0.5, 0.6) is 0 Å². The van der Waals surface area contributed by atoms with E-state index in [-0.39, 0.29) is 0 Å². The molecule has 6 rings (SSSR count). The molecule has 0 fully saturated rings. The maximum atomic E-state index is 5.97. The number of fused-ring (bicyclic) bond motifs is 2. The Hall–Kier alpha value is -4.04. The van der Waals surface area contributed by atoms with Crippen LogP contribution in [0.1, 0.15) is 64.5 Å². The van der Waals surface area contributed by atoms with Crippen LogP contribution in [0.3, 0.4) is 0 Å². The molecule has 0 heterocycles.